The van der Waals surface area contributed by atoms with Crippen LogP contribution in [-0.2, 0) is 11.2 Å². The van der Waals surface area contributed by atoms with Crippen LogP contribution in [0.15, 0.2) is 42.5 Å². The zero-order valence-corrected chi connectivity index (χ0v) is 16.8. The van der Waals surface area contributed by atoms with Gasteiger partial charge in [-0.3, -0.25) is 9.59 Å². The van der Waals surface area contributed by atoms with Crippen LogP contribution in [0.1, 0.15) is 28.0 Å². The number of nitrogens with two attached hydrogens (primary N) is 1. The highest BCUT2D eigenvalue weighted by Gasteiger charge is 2.42. The summed E-state index contributed by atoms with van der Waals surface area (Å²) in [5.74, 6) is 4.50. The monoisotopic (exact) mass is 413 g/mol. The summed E-state index contributed by atoms with van der Waals surface area (Å²) in [6, 6.07) is 14.5. The van der Waals surface area contributed by atoms with Gasteiger partial charge in [-0.1, -0.05) is 24.0 Å². The minimum absolute atomic E-state index is 0.111. The number of aliphatic hydroxyl groups is 1. The topological polar surface area (TPSA) is 125 Å². The molecule has 154 valence electrons. The predicted molar refractivity (Wildman–Crippen MR) is 113 cm³/mol. The van der Waals surface area contributed by atoms with Crippen LogP contribution >= 0.6 is 0 Å². The molecule has 31 heavy (non-hydrogen) atoms. The van der Waals surface area contributed by atoms with Gasteiger partial charge in [-0.2, -0.15) is 10.4 Å². The summed E-state index contributed by atoms with van der Waals surface area (Å²) in [7, 11) is 1.63. The molecule has 8 heteroatoms. The van der Waals surface area contributed by atoms with Gasteiger partial charge in [0.2, 0.25) is 5.60 Å². The van der Waals surface area contributed by atoms with Crippen LogP contribution in [-0.4, -0.2) is 50.8 Å². The second-order valence-electron chi connectivity index (χ2n) is 7.45. The van der Waals surface area contributed by atoms with Crippen molar-refractivity contribution >= 4 is 22.7 Å². The number of amides is 2. The number of carbonyl (C=O) groups excluding carboxylic acids is 2. The number of likely N-dealkylation sites (N-methyl/N-ethyl adjacent to an activating group) is 1. The molecule has 0 aliphatic carbocycles. The lowest BCUT2D eigenvalue weighted by atomic mass is 10.0. The van der Waals surface area contributed by atoms with Gasteiger partial charge < -0.3 is 15.7 Å². The smallest absolute Gasteiger partial charge is 0.269 e. The van der Waals surface area contributed by atoms with Gasteiger partial charge >= 0.3 is 0 Å². The van der Waals surface area contributed by atoms with Gasteiger partial charge in [0, 0.05) is 31.0 Å². The number of aromatic nitrogens is 2. The van der Waals surface area contributed by atoms with Crippen molar-refractivity contribution in [2.24, 2.45) is 5.73 Å². The molecule has 8 nitrogen and oxygen atoms in total. The molecular weight excluding hydrogens is 394 g/mol. The fourth-order valence-corrected chi connectivity index (χ4v) is 3.61. The molecule has 1 atom stereocenters. The molecule has 3 aromatic rings. The Kier molecular flexibility index (Phi) is 4.94. The first-order valence-corrected chi connectivity index (χ1v) is 9.62. The molecule has 2 aromatic carbocycles. The van der Waals surface area contributed by atoms with Gasteiger partial charge in [0.25, 0.3) is 11.8 Å². The lowest BCUT2D eigenvalue weighted by molar-refractivity contribution is -0.137. The predicted octanol–water partition coefficient (Wildman–Crippen LogP) is 1.14. The van der Waals surface area contributed by atoms with Gasteiger partial charge in [0.1, 0.15) is 0 Å². The van der Waals surface area contributed by atoms with E-state index in [4.69, 9.17) is 11.0 Å². The standard InChI is InChI=1S/C23H19N5O3/c1-27-12-10-23(31,22(27)30)9-7-15-3-2-4-17(13-15)28-19-6-5-16(8-11-24)14-18(19)20(26-28)21(25)29/h2-6,13-14,31H,8,10,12H2,1H3,(H2,25,29)/t23-/m0/s1. The average molecular weight is 413 g/mol. The SMILES string of the molecule is CN1CC[C@@](O)(C#Cc2cccc(-n3nc(C(N)=O)c4cc(CC#N)ccc43)c2)C1=O. The van der Waals surface area contributed by atoms with Gasteiger partial charge in [-0.15, -0.1) is 0 Å². The molecular formula is C23H19N5O3. The average Bonchev–Trinajstić information content (AvgIpc) is 3.26. The third-order valence-electron chi connectivity index (χ3n) is 5.27. The van der Waals surface area contributed by atoms with Gasteiger partial charge in [-0.25, -0.2) is 4.68 Å². The molecule has 1 saturated heterocycles. The third kappa shape index (κ3) is 3.61. The maximum absolute atomic E-state index is 12.1. The Morgan fingerprint density at radius 2 is 2.13 bits per heavy atom. The van der Waals surface area contributed by atoms with Crippen LogP contribution in [0.25, 0.3) is 16.6 Å². The van der Waals surface area contributed by atoms with E-state index in [1.165, 1.54) is 4.90 Å². The number of likely N-dealkylation sites (tertiary alicyclic amines) is 1. The van der Waals surface area contributed by atoms with Gasteiger partial charge in [0.15, 0.2) is 5.69 Å². The highest BCUT2D eigenvalue weighted by atomic mass is 16.3. The largest absolute Gasteiger partial charge is 0.369 e. The van der Waals surface area contributed by atoms with E-state index in [1.54, 1.807) is 54.2 Å². The second kappa shape index (κ2) is 7.60. The Bertz CT molecular complexity index is 1320. The van der Waals surface area contributed by atoms with Crippen molar-refractivity contribution in [2.45, 2.75) is 18.4 Å². The molecule has 0 unspecified atom stereocenters. The summed E-state index contributed by atoms with van der Waals surface area (Å²) in [5.41, 5.74) is 6.59. The van der Waals surface area contributed by atoms with Gasteiger partial charge in [0.05, 0.1) is 23.7 Å². The van der Waals surface area contributed by atoms with Crippen LogP contribution in [0.4, 0.5) is 0 Å². The summed E-state index contributed by atoms with van der Waals surface area (Å²) >= 11 is 0. The highest BCUT2D eigenvalue weighted by Crippen LogP contribution is 2.25. The van der Waals surface area contributed by atoms with Crippen molar-refractivity contribution in [1.29, 1.82) is 5.26 Å². The van der Waals surface area contributed by atoms with E-state index in [1.807, 2.05) is 0 Å². The molecule has 3 N–H and O–H groups in total. The molecule has 1 aromatic heterocycles. The quantitative estimate of drug-likeness (QED) is 0.623. The maximum atomic E-state index is 12.1. The zero-order chi connectivity index (χ0) is 22.2. The molecule has 0 saturated carbocycles. The van der Waals surface area contributed by atoms with E-state index in [0.29, 0.717) is 28.7 Å². The number of nitrogens with zero attached hydrogens (tertiary/aromatic N) is 4. The first kappa shape index (κ1) is 20.1. The van der Waals surface area contributed by atoms with Crippen LogP contribution in [0.5, 0.6) is 0 Å². The molecule has 0 spiro atoms. The fraction of sp³-hybridized carbons (Fsp3) is 0.217. The minimum atomic E-state index is -1.68. The number of rotatable bonds is 3. The Hall–Kier alpha value is -4.14. The normalized spacial score (nSPS) is 18.0. The number of fused-ring (bicyclic) bond motifs is 1. The number of hydrogen-bond donors (Lipinski definition) is 2. The molecule has 1 aliphatic heterocycles. The van der Waals surface area contributed by atoms with E-state index < -0.39 is 17.4 Å². The summed E-state index contributed by atoms with van der Waals surface area (Å²) in [5, 5.41) is 24.4. The lowest BCUT2D eigenvalue weighted by Crippen LogP contribution is -2.37. The number of primary amides is 1. The summed E-state index contributed by atoms with van der Waals surface area (Å²) < 4.78 is 1.58. The number of benzene rings is 2. The summed E-state index contributed by atoms with van der Waals surface area (Å²) in [6.07, 6.45) is 0.465. The molecule has 2 amide bonds. The van der Waals surface area contributed by atoms with E-state index in [0.717, 1.165) is 5.56 Å². The Morgan fingerprint density at radius 1 is 1.32 bits per heavy atom. The van der Waals surface area contributed by atoms with E-state index in [-0.39, 0.29) is 18.5 Å². The third-order valence-corrected chi connectivity index (χ3v) is 5.27. The van der Waals surface area contributed by atoms with Crippen LogP contribution in [0.3, 0.4) is 0 Å². The fourth-order valence-electron chi connectivity index (χ4n) is 3.61. The van der Waals surface area contributed by atoms with Crippen molar-refractivity contribution in [2.75, 3.05) is 13.6 Å². The molecule has 1 aliphatic rings. The molecule has 0 bridgehead atoms. The minimum Gasteiger partial charge on any atom is -0.369 e. The maximum Gasteiger partial charge on any atom is 0.269 e. The molecule has 2 heterocycles. The van der Waals surface area contributed by atoms with Crippen molar-refractivity contribution in [1.82, 2.24) is 14.7 Å². The number of hydrogen-bond acceptors (Lipinski definition) is 5. The summed E-state index contributed by atoms with van der Waals surface area (Å²) in [4.78, 5) is 25.5. The van der Waals surface area contributed by atoms with Crippen molar-refractivity contribution in [3.63, 3.8) is 0 Å². The van der Waals surface area contributed by atoms with Crippen LogP contribution in [0.2, 0.25) is 0 Å². The Balaban J connectivity index is 1.77. The molecule has 0 radical (unpaired) electrons. The lowest BCUT2D eigenvalue weighted by Gasteiger charge is -2.13. The number of nitriles is 1. The van der Waals surface area contributed by atoms with Crippen molar-refractivity contribution in [3.05, 3.63) is 59.3 Å². The van der Waals surface area contributed by atoms with E-state index in [9.17, 15) is 14.7 Å². The molecule has 4 rings (SSSR count). The van der Waals surface area contributed by atoms with Crippen molar-refractivity contribution in [3.8, 4) is 23.6 Å². The summed E-state index contributed by atoms with van der Waals surface area (Å²) in [6.45, 7) is 0.451. The Morgan fingerprint density at radius 3 is 2.81 bits per heavy atom. The van der Waals surface area contributed by atoms with Crippen LogP contribution < -0.4 is 5.73 Å². The van der Waals surface area contributed by atoms with E-state index >= 15 is 0 Å². The molecule has 1 fully saturated rings. The van der Waals surface area contributed by atoms with Crippen molar-refractivity contribution < 1.29 is 14.7 Å². The second-order valence-corrected chi connectivity index (χ2v) is 7.45. The Labute approximate surface area is 178 Å². The first-order valence-electron chi connectivity index (χ1n) is 9.62. The highest BCUT2D eigenvalue weighted by molar-refractivity contribution is 6.04. The number of carbonyl (C=O) groups is 2. The van der Waals surface area contributed by atoms with E-state index in [2.05, 4.69) is 23.0 Å². The van der Waals surface area contributed by atoms with Gasteiger partial charge in [-0.05, 0) is 35.9 Å². The zero-order valence-electron chi connectivity index (χ0n) is 16.8. The van der Waals surface area contributed by atoms with Crippen LogP contribution in [0, 0.1) is 23.2 Å². The first-order chi connectivity index (χ1) is 14.8.